The van der Waals surface area contributed by atoms with Gasteiger partial charge in [-0.2, -0.15) is 0 Å². The molecule has 0 aromatic heterocycles. The molecule has 0 aromatic carbocycles. The van der Waals surface area contributed by atoms with Crippen LogP contribution in [0.4, 0.5) is 0 Å². The average molecular weight is 325 g/mol. The van der Waals surface area contributed by atoms with Crippen molar-refractivity contribution < 1.29 is 9.59 Å². The molecule has 0 radical (unpaired) electrons. The summed E-state index contributed by atoms with van der Waals surface area (Å²) in [6, 6.07) is -0.120. The molecule has 6 heteroatoms. The van der Waals surface area contributed by atoms with Gasteiger partial charge in [-0.25, -0.2) is 0 Å². The average Bonchev–Trinajstić information content (AvgIpc) is 2.88. The number of likely N-dealkylation sites (tertiary alicyclic amines) is 1. The summed E-state index contributed by atoms with van der Waals surface area (Å²) in [6.07, 6.45) is 3.97. The predicted molar refractivity (Wildman–Crippen MR) is 88.3 cm³/mol. The highest BCUT2D eigenvalue weighted by molar-refractivity contribution is 7.99. The SMILES string of the molecule is CC1(C)CN(C(=O)C2CSCN2C(=O)C2CCC2)CCC1N. The molecule has 3 rings (SSSR count). The zero-order chi connectivity index (χ0) is 15.9. The zero-order valence-electron chi connectivity index (χ0n) is 13.6. The number of rotatable bonds is 2. The van der Waals surface area contributed by atoms with Crippen molar-refractivity contribution in [1.29, 1.82) is 0 Å². The third-order valence-corrected chi connectivity index (χ3v) is 6.54. The van der Waals surface area contributed by atoms with Gasteiger partial charge in [0.1, 0.15) is 6.04 Å². The first-order chi connectivity index (χ1) is 10.4. The second-order valence-corrected chi connectivity index (χ2v) is 8.59. The molecule has 124 valence electrons. The second-order valence-electron chi connectivity index (χ2n) is 7.60. The Balaban J connectivity index is 1.67. The summed E-state index contributed by atoms with van der Waals surface area (Å²) in [5, 5.41) is 0. The van der Waals surface area contributed by atoms with Gasteiger partial charge in [0.25, 0.3) is 0 Å². The molecule has 3 fully saturated rings. The molecule has 2 saturated heterocycles. The van der Waals surface area contributed by atoms with Crippen molar-refractivity contribution >= 4 is 23.6 Å². The molecule has 1 saturated carbocycles. The maximum Gasteiger partial charge on any atom is 0.246 e. The monoisotopic (exact) mass is 325 g/mol. The van der Waals surface area contributed by atoms with Crippen molar-refractivity contribution in [2.45, 2.75) is 51.6 Å². The van der Waals surface area contributed by atoms with Crippen LogP contribution in [0.2, 0.25) is 0 Å². The molecule has 0 bridgehead atoms. The summed E-state index contributed by atoms with van der Waals surface area (Å²) in [5.74, 6) is 1.89. The summed E-state index contributed by atoms with van der Waals surface area (Å²) in [4.78, 5) is 29.2. The Kier molecular flexibility index (Phi) is 4.42. The molecule has 2 atom stereocenters. The van der Waals surface area contributed by atoms with E-state index in [1.54, 1.807) is 11.8 Å². The molecule has 2 unspecified atom stereocenters. The fourth-order valence-electron chi connectivity index (χ4n) is 3.53. The summed E-state index contributed by atoms with van der Waals surface area (Å²) in [5.41, 5.74) is 6.11. The molecule has 0 spiro atoms. The minimum absolute atomic E-state index is 0.0531. The van der Waals surface area contributed by atoms with Crippen molar-refractivity contribution in [3.63, 3.8) is 0 Å². The Bertz CT molecular complexity index is 464. The van der Waals surface area contributed by atoms with Crippen LogP contribution in [0, 0.1) is 11.3 Å². The van der Waals surface area contributed by atoms with Crippen molar-refractivity contribution in [1.82, 2.24) is 9.80 Å². The molecule has 22 heavy (non-hydrogen) atoms. The van der Waals surface area contributed by atoms with Crippen LogP contribution in [0.15, 0.2) is 0 Å². The number of amides is 2. The molecule has 3 aliphatic rings. The lowest BCUT2D eigenvalue weighted by atomic mass is 9.79. The first kappa shape index (κ1) is 16.1. The van der Waals surface area contributed by atoms with E-state index in [-0.39, 0.29) is 35.2 Å². The van der Waals surface area contributed by atoms with Gasteiger partial charge >= 0.3 is 0 Å². The van der Waals surface area contributed by atoms with Gasteiger partial charge < -0.3 is 15.5 Å². The maximum absolute atomic E-state index is 12.9. The molecular formula is C16H27N3O2S. The van der Waals surface area contributed by atoms with E-state index < -0.39 is 0 Å². The quantitative estimate of drug-likeness (QED) is 0.830. The number of carbonyl (C=O) groups excluding carboxylic acids is 2. The van der Waals surface area contributed by atoms with Gasteiger partial charge in [0, 0.05) is 30.8 Å². The predicted octanol–water partition coefficient (Wildman–Crippen LogP) is 1.27. The van der Waals surface area contributed by atoms with E-state index in [1.807, 2.05) is 9.80 Å². The van der Waals surface area contributed by atoms with Gasteiger partial charge in [0.2, 0.25) is 11.8 Å². The van der Waals surface area contributed by atoms with Crippen LogP contribution < -0.4 is 5.73 Å². The summed E-state index contributed by atoms with van der Waals surface area (Å²) in [7, 11) is 0. The highest BCUT2D eigenvalue weighted by Gasteiger charge is 2.43. The van der Waals surface area contributed by atoms with Gasteiger partial charge in [-0.15, -0.1) is 11.8 Å². The van der Waals surface area contributed by atoms with E-state index in [4.69, 9.17) is 5.73 Å². The third kappa shape index (κ3) is 2.87. The molecule has 2 N–H and O–H groups in total. The van der Waals surface area contributed by atoms with Crippen LogP contribution in [-0.2, 0) is 9.59 Å². The highest BCUT2D eigenvalue weighted by atomic mass is 32.2. The standard InChI is InChI=1S/C16H27N3O2S/c1-16(2)9-18(7-6-13(16)17)15(21)12-8-22-10-19(12)14(20)11-4-3-5-11/h11-13H,3-10,17H2,1-2H3. The number of nitrogens with two attached hydrogens (primary N) is 1. The largest absolute Gasteiger partial charge is 0.340 e. The number of hydrogen-bond donors (Lipinski definition) is 1. The van der Waals surface area contributed by atoms with Crippen LogP contribution >= 0.6 is 11.8 Å². The van der Waals surface area contributed by atoms with Crippen molar-refractivity contribution in [3.05, 3.63) is 0 Å². The lowest BCUT2D eigenvalue weighted by Gasteiger charge is -2.44. The lowest BCUT2D eigenvalue weighted by Crippen LogP contribution is -2.58. The fourth-order valence-corrected chi connectivity index (χ4v) is 4.68. The van der Waals surface area contributed by atoms with E-state index in [2.05, 4.69) is 13.8 Å². The molecular weight excluding hydrogens is 298 g/mol. The normalized spacial score (nSPS) is 32.0. The smallest absolute Gasteiger partial charge is 0.246 e. The number of piperidine rings is 1. The van der Waals surface area contributed by atoms with Gasteiger partial charge in [0.05, 0.1) is 5.88 Å². The van der Waals surface area contributed by atoms with Crippen molar-refractivity contribution in [2.75, 3.05) is 24.7 Å². The maximum atomic E-state index is 12.9. The van der Waals surface area contributed by atoms with Gasteiger partial charge in [0.15, 0.2) is 0 Å². The summed E-state index contributed by atoms with van der Waals surface area (Å²) in [6.45, 7) is 5.66. The first-order valence-corrected chi connectivity index (χ1v) is 9.48. The van der Waals surface area contributed by atoms with Gasteiger partial charge in [-0.3, -0.25) is 9.59 Å². The molecule has 0 aromatic rings. The summed E-state index contributed by atoms with van der Waals surface area (Å²) < 4.78 is 0. The Morgan fingerprint density at radius 3 is 2.50 bits per heavy atom. The number of carbonyl (C=O) groups is 2. The van der Waals surface area contributed by atoms with E-state index in [1.165, 1.54) is 0 Å². The highest BCUT2D eigenvalue weighted by Crippen LogP contribution is 2.34. The molecule has 5 nitrogen and oxygen atoms in total. The number of nitrogens with zero attached hydrogens (tertiary/aromatic N) is 2. The van der Waals surface area contributed by atoms with Crippen LogP contribution in [0.5, 0.6) is 0 Å². The Morgan fingerprint density at radius 2 is 1.91 bits per heavy atom. The minimum Gasteiger partial charge on any atom is -0.340 e. The molecule has 2 aliphatic heterocycles. The Labute approximate surface area is 137 Å². The Morgan fingerprint density at radius 1 is 1.18 bits per heavy atom. The van der Waals surface area contributed by atoms with E-state index in [0.717, 1.165) is 38.0 Å². The topological polar surface area (TPSA) is 66.6 Å². The van der Waals surface area contributed by atoms with E-state index >= 15 is 0 Å². The molecule has 2 heterocycles. The number of thioether (sulfide) groups is 1. The minimum atomic E-state index is -0.261. The fraction of sp³-hybridized carbons (Fsp3) is 0.875. The third-order valence-electron chi connectivity index (χ3n) is 5.53. The Hall–Kier alpha value is -0.750. The van der Waals surface area contributed by atoms with Gasteiger partial charge in [-0.05, 0) is 24.7 Å². The van der Waals surface area contributed by atoms with Crippen molar-refractivity contribution in [2.24, 2.45) is 17.1 Å². The van der Waals surface area contributed by atoms with E-state index in [9.17, 15) is 9.59 Å². The molecule has 1 aliphatic carbocycles. The van der Waals surface area contributed by atoms with Crippen LogP contribution in [0.25, 0.3) is 0 Å². The first-order valence-electron chi connectivity index (χ1n) is 8.33. The number of hydrogen-bond acceptors (Lipinski definition) is 4. The van der Waals surface area contributed by atoms with Crippen LogP contribution in [-0.4, -0.2) is 58.4 Å². The van der Waals surface area contributed by atoms with Crippen LogP contribution in [0.1, 0.15) is 39.5 Å². The van der Waals surface area contributed by atoms with Crippen molar-refractivity contribution in [3.8, 4) is 0 Å². The lowest BCUT2D eigenvalue weighted by molar-refractivity contribution is -0.148. The van der Waals surface area contributed by atoms with E-state index in [0.29, 0.717) is 12.4 Å². The second kappa shape index (κ2) is 6.04. The zero-order valence-corrected chi connectivity index (χ0v) is 14.4. The van der Waals surface area contributed by atoms with Gasteiger partial charge in [-0.1, -0.05) is 20.3 Å². The van der Waals surface area contributed by atoms with Crippen LogP contribution in [0.3, 0.4) is 0 Å². The molecule has 2 amide bonds. The summed E-state index contributed by atoms with van der Waals surface area (Å²) >= 11 is 1.70.